The van der Waals surface area contributed by atoms with E-state index in [1.807, 2.05) is 24.3 Å². The lowest BCUT2D eigenvalue weighted by molar-refractivity contribution is -0.133. The van der Waals surface area contributed by atoms with Crippen molar-refractivity contribution in [2.45, 2.75) is 43.1 Å². The fourth-order valence-electron chi connectivity index (χ4n) is 2.40. The summed E-state index contributed by atoms with van der Waals surface area (Å²) in [5, 5.41) is 9.08. The highest BCUT2D eigenvalue weighted by atomic mass is 32.2. The van der Waals surface area contributed by atoms with Gasteiger partial charge in [-0.1, -0.05) is 24.2 Å². The predicted octanol–water partition coefficient (Wildman–Crippen LogP) is 2.17. The minimum atomic E-state index is -1.19. The molecule has 1 aromatic carbocycles. The first-order valence-corrected chi connectivity index (χ1v) is 8.06. The Kier molecular flexibility index (Phi) is 5.97. The number of ether oxygens (including phenoxy) is 1. The number of carboxylic acid groups (broad SMARTS) is 1. The number of nitrogens with two attached hydrogens (primary N) is 2. The minimum Gasteiger partial charge on any atom is -0.490 e. The lowest BCUT2D eigenvalue weighted by atomic mass is 9.98. The molecule has 0 atom stereocenters. The van der Waals surface area contributed by atoms with Gasteiger partial charge < -0.3 is 21.0 Å². The molecule has 1 aliphatic rings. The number of hydrogen-bond donors (Lipinski definition) is 4. The van der Waals surface area contributed by atoms with Crippen LogP contribution in [-0.4, -0.2) is 17.2 Å². The predicted molar refractivity (Wildman–Crippen MR) is 86.0 cm³/mol. The zero-order valence-corrected chi connectivity index (χ0v) is 13.1. The zero-order chi connectivity index (χ0) is 15.9. The van der Waals surface area contributed by atoms with Crippen molar-refractivity contribution in [2.24, 2.45) is 11.6 Å². The topological polar surface area (TPSA) is 111 Å². The van der Waals surface area contributed by atoms with Crippen LogP contribution in [0.3, 0.4) is 0 Å². The summed E-state index contributed by atoms with van der Waals surface area (Å²) in [4.78, 5) is 11.8. The van der Waals surface area contributed by atoms with Gasteiger partial charge in [0.15, 0.2) is 5.70 Å². The fraction of sp³-hybridized carbons (Fsp3) is 0.400. The highest BCUT2D eigenvalue weighted by molar-refractivity contribution is 8.03. The molecule has 0 saturated heterocycles. The smallest absolute Gasteiger partial charge is 0.356 e. The van der Waals surface area contributed by atoms with E-state index >= 15 is 0 Å². The van der Waals surface area contributed by atoms with Gasteiger partial charge in [-0.15, -0.1) is 0 Å². The number of nitrogens with one attached hydrogen (secondary N) is 1. The van der Waals surface area contributed by atoms with Crippen LogP contribution in [0.5, 0.6) is 5.75 Å². The van der Waals surface area contributed by atoms with E-state index in [9.17, 15) is 4.79 Å². The second kappa shape index (κ2) is 7.95. The normalized spacial score (nSPS) is 16.8. The van der Waals surface area contributed by atoms with Crippen LogP contribution in [0.15, 0.2) is 39.9 Å². The Bertz CT molecular complexity index is 557. The molecule has 22 heavy (non-hydrogen) atoms. The van der Waals surface area contributed by atoms with Crippen molar-refractivity contribution in [1.29, 1.82) is 0 Å². The number of carboxylic acids is 1. The van der Waals surface area contributed by atoms with Crippen molar-refractivity contribution in [3.05, 3.63) is 35.0 Å². The Morgan fingerprint density at radius 3 is 2.68 bits per heavy atom. The third kappa shape index (κ3) is 4.57. The highest BCUT2D eigenvalue weighted by Gasteiger charge is 2.16. The summed E-state index contributed by atoms with van der Waals surface area (Å²) < 4.78 is 5.98. The molecule has 2 rings (SSSR count). The van der Waals surface area contributed by atoms with Gasteiger partial charge in [0.25, 0.3) is 0 Å². The molecule has 0 radical (unpaired) electrons. The summed E-state index contributed by atoms with van der Waals surface area (Å²) in [7, 11) is 0. The lowest BCUT2D eigenvalue weighted by Gasteiger charge is -2.23. The molecule has 0 aromatic heterocycles. The number of hydrogen-bond acceptors (Lipinski definition) is 6. The number of aliphatic carboxylic acids is 1. The van der Waals surface area contributed by atoms with Gasteiger partial charge >= 0.3 is 5.97 Å². The quantitative estimate of drug-likeness (QED) is 0.275. The van der Waals surface area contributed by atoms with E-state index in [1.165, 1.54) is 19.3 Å². The maximum Gasteiger partial charge on any atom is 0.356 e. The molecule has 0 aliphatic heterocycles. The Hall–Kier alpha value is -1.86. The molecule has 120 valence electrons. The Morgan fingerprint density at radius 1 is 1.32 bits per heavy atom. The van der Waals surface area contributed by atoms with E-state index in [1.54, 1.807) is 0 Å². The summed E-state index contributed by atoms with van der Waals surface area (Å²) in [6, 6.07) is 7.48. The van der Waals surface area contributed by atoms with E-state index in [-0.39, 0.29) is 16.8 Å². The van der Waals surface area contributed by atoms with Crippen molar-refractivity contribution >= 4 is 17.7 Å². The molecule has 0 spiro atoms. The largest absolute Gasteiger partial charge is 0.490 e. The number of carbonyl (C=O) groups is 1. The third-order valence-electron chi connectivity index (χ3n) is 3.49. The number of thioether (sulfide) groups is 1. The fourth-order valence-corrected chi connectivity index (χ4v) is 3.23. The van der Waals surface area contributed by atoms with E-state index in [0.717, 1.165) is 35.2 Å². The van der Waals surface area contributed by atoms with Gasteiger partial charge in [-0.25, -0.2) is 4.79 Å². The van der Waals surface area contributed by atoms with E-state index in [0.29, 0.717) is 0 Å². The molecule has 1 saturated carbocycles. The minimum absolute atomic E-state index is 0.102. The first-order valence-electron chi connectivity index (χ1n) is 7.24. The highest BCUT2D eigenvalue weighted by Crippen LogP contribution is 2.30. The molecule has 1 aliphatic carbocycles. The van der Waals surface area contributed by atoms with E-state index in [2.05, 4.69) is 5.43 Å². The van der Waals surface area contributed by atoms with Crippen molar-refractivity contribution in [2.75, 3.05) is 0 Å². The Balaban J connectivity index is 2.06. The van der Waals surface area contributed by atoms with Crippen LogP contribution in [0.4, 0.5) is 0 Å². The summed E-state index contributed by atoms with van der Waals surface area (Å²) in [5.74, 6) is 4.76. The van der Waals surface area contributed by atoms with Gasteiger partial charge in [0, 0.05) is 4.90 Å². The second-order valence-corrected chi connectivity index (χ2v) is 6.26. The SMILES string of the molecule is NN/C(C(=O)O)=C(\N)Sc1cccc(OC2CCCCC2)c1. The van der Waals surface area contributed by atoms with Gasteiger partial charge in [0.05, 0.1) is 6.10 Å². The van der Waals surface area contributed by atoms with Gasteiger partial charge in [-0.3, -0.25) is 5.84 Å². The van der Waals surface area contributed by atoms with Crippen LogP contribution in [0.25, 0.3) is 0 Å². The number of rotatable bonds is 6. The molecular weight excluding hydrogens is 302 g/mol. The monoisotopic (exact) mass is 323 g/mol. The molecule has 1 aromatic rings. The standard InChI is InChI=1S/C15H21N3O3S/c16-14(13(18-17)15(19)20)22-12-8-4-7-11(9-12)21-10-5-2-1-3-6-10/h4,7-10,18H,1-3,5-6,16-17H2,(H,19,20)/b14-13+. The molecule has 6 N–H and O–H groups in total. The molecule has 7 heteroatoms. The molecule has 1 fully saturated rings. The van der Waals surface area contributed by atoms with Gasteiger partial charge in [0.2, 0.25) is 0 Å². The summed E-state index contributed by atoms with van der Waals surface area (Å²) in [6.07, 6.45) is 6.13. The summed E-state index contributed by atoms with van der Waals surface area (Å²) in [5.41, 5.74) is 7.66. The van der Waals surface area contributed by atoms with Crippen molar-refractivity contribution in [3.63, 3.8) is 0 Å². The lowest BCUT2D eigenvalue weighted by Crippen LogP contribution is -2.29. The molecule has 0 bridgehead atoms. The summed E-state index contributed by atoms with van der Waals surface area (Å²) in [6.45, 7) is 0. The van der Waals surface area contributed by atoms with Gasteiger partial charge in [0.1, 0.15) is 10.8 Å². The van der Waals surface area contributed by atoms with Crippen molar-refractivity contribution in [3.8, 4) is 5.75 Å². The van der Waals surface area contributed by atoms with E-state index in [4.69, 9.17) is 21.4 Å². The Labute approximate surface area is 133 Å². The molecular formula is C15H21N3O3S. The van der Waals surface area contributed by atoms with Crippen LogP contribution < -0.4 is 21.7 Å². The Morgan fingerprint density at radius 2 is 2.05 bits per heavy atom. The number of hydrazine groups is 1. The van der Waals surface area contributed by atoms with Gasteiger partial charge in [-0.2, -0.15) is 0 Å². The average molecular weight is 323 g/mol. The number of benzene rings is 1. The van der Waals surface area contributed by atoms with Crippen LogP contribution in [0, 0.1) is 0 Å². The molecule has 0 amide bonds. The molecule has 0 unspecified atom stereocenters. The van der Waals surface area contributed by atoms with Gasteiger partial charge in [-0.05, 0) is 43.9 Å². The molecule has 0 heterocycles. The first-order chi connectivity index (χ1) is 10.6. The maximum atomic E-state index is 11.0. The van der Waals surface area contributed by atoms with Crippen LogP contribution >= 0.6 is 11.8 Å². The van der Waals surface area contributed by atoms with Crippen LogP contribution in [0.2, 0.25) is 0 Å². The summed E-state index contributed by atoms with van der Waals surface area (Å²) >= 11 is 1.13. The van der Waals surface area contributed by atoms with Crippen LogP contribution in [0.1, 0.15) is 32.1 Å². The zero-order valence-electron chi connectivity index (χ0n) is 12.2. The second-order valence-electron chi connectivity index (χ2n) is 5.14. The third-order valence-corrected chi connectivity index (χ3v) is 4.41. The van der Waals surface area contributed by atoms with Crippen molar-refractivity contribution in [1.82, 2.24) is 5.43 Å². The van der Waals surface area contributed by atoms with Crippen molar-refractivity contribution < 1.29 is 14.6 Å². The van der Waals surface area contributed by atoms with E-state index < -0.39 is 5.97 Å². The van der Waals surface area contributed by atoms with Crippen LogP contribution in [-0.2, 0) is 4.79 Å². The maximum absolute atomic E-state index is 11.0. The average Bonchev–Trinajstić information content (AvgIpc) is 2.49. The molecule has 6 nitrogen and oxygen atoms in total. The first kappa shape index (κ1) is 16.5.